The topological polar surface area (TPSA) is 82.6 Å². The van der Waals surface area contributed by atoms with Crippen molar-refractivity contribution < 1.29 is 4.79 Å². The maximum Gasteiger partial charge on any atom is 0.276 e. The van der Waals surface area contributed by atoms with Gasteiger partial charge in [-0.05, 0) is 67.4 Å². The van der Waals surface area contributed by atoms with Crippen LogP contribution in [0.2, 0.25) is 5.02 Å². The molecule has 4 rings (SSSR count). The number of carbonyl (C=O) groups excluding carboxylic acids is 1. The van der Waals surface area contributed by atoms with Crippen molar-refractivity contribution in [2.75, 3.05) is 5.32 Å². The van der Waals surface area contributed by atoms with Crippen LogP contribution in [0, 0.1) is 27.7 Å². The van der Waals surface area contributed by atoms with E-state index < -0.39 is 0 Å². The Morgan fingerprint density at radius 2 is 1.78 bits per heavy atom. The summed E-state index contributed by atoms with van der Waals surface area (Å²) in [4.78, 5) is 12.7. The van der Waals surface area contributed by atoms with Gasteiger partial charge in [0, 0.05) is 11.9 Å². The molecule has 0 bridgehead atoms. The highest BCUT2D eigenvalue weighted by Gasteiger charge is 2.14. The van der Waals surface area contributed by atoms with Crippen molar-refractivity contribution in [3.63, 3.8) is 0 Å². The molecule has 1 amide bonds. The van der Waals surface area contributed by atoms with Gasteiger partial charge in [-0.15, -0.1) is 0 Å². The summed E-state index contributed by atoms with van der Waals surface area (Å²) >= 11 is 9.76. The Labute approximate surface area is 199 Å². The molecule has 0 saturated heterocycles. The fraction of sp³-hybridized carbons (Fsp3) is 0.273. The van der Waals surface area contributed by atoms with Crippen LogP contribution >= 0.6 is 27.5 Å². The molecule has 0 aliphatic rings. The number of hydrogen-bond acceptors (Lipinski definition) is 4. The van der Waals surface area contributed by atoms with Gasteiger partial charge in [-0.1, -0.05) is 23.7 Å². The molecule has 0 aliphatic heterocycles. The van der Waals surface area contributed by atoms with Gasteiger partial charge >= 0.3 is 0 Å². The Morgan fingerprint density at radius 1 is 1.03 bits per heavy atom. The SMILES string of the molecule is Cc1nn(Cn2ccc(C(=O)Nc3cccc(Cn4nc(C)c(Br)c4C)c3)n2)c(C)c1Cl. The Hall–Kier alpha value is -2.91. The van der Waals surface area contributed by atoms with Gasteiger partial charge in [-0.25, -0.2) is 4.68 Å². The average molecular weight is 517 g/mol. The van der Waals surface area contributed by atoms with Crippen molar-refractivity contribution in [3.05, 3.63) is 80.1 Å². The quantitative estimate of drug-likeness (QED) is 0.402. The monoisotopic (exact) mass is 515 g/mol. The van der Waals surface area contributed by atoms with Crippen LogP contribution in [0.5, 0.6) is 0 Å². The number of benzene rings is 1. The minimum absolute atomic E-state index is 0.277. The molecule has 0 saturated carbocycles. The molecule has 0 fully saturated rings. The summed E-state index contributed by atoms with van der Waals surface area (Å²) in [6, 6.07) is 9.40. The van der Waals surface area contributed by atoms with Gasteiger partial charge in [-0.3, -0.25) is 14.2 Å². The number of halogens is 2. The molecule has 32 heavy (non-hydrogen) atoms. The molecule has 0 spiro atoms. The average Bonchev–Trinajstić information content (AvgIpc) is 3.39. The minimum atomic E-state index is -0.277. The van der Waals surface area contributed by atoms with E-state index in [0.717, 1.165) is 32.8 Å². The van der Waals surface area contributed by atoms with Crippen LogP contribution < -0.4 is 5.32 Å². The molecule has 0 unspecified atom stereocenters. The number of nitrogens with zero attached hydrogens (tertiary/aromatic N) is 6. The van der Waals surface area contributed by atoms with Gasteiger partial charge < -0.3 is 5.32 Å². The van der Waals surface area contributed by atoms with E-state index in [-0.39, 0.29) is 5.91 Å². The molecule has 3 aromatic heterocycles. The van der Waals surface area contributed by atoms with Crippen molar-refractivity contribution in [3.8, 4) is 0 Å². The summed E-state index contributed by atoms with van der Waals surface area (Å²) in [6.07, 6.45) is 1.75. The van der Waals surface area contributed by atoms with E-state index in [9.17, 15) is 4.79 Å². The molecule has 10 heteroatoms. The maximum absolute atomic E-state index is 12.7. The third-order valence-corrected chi connectivity index (χ3v) is 6.95. The number of anilines is 1. The van der Waals surface area contributed by atoms with Crippen LogP contribution in [0.15, 0.2) is 41.0 Å². The number of amides is 1. The molecule has 166 valence electrons. The summed E-state index contributed by atoms with van der Waals surface area (Å²) in [5.74, 6) is -0.277. The molecule has 0 aliphatic carbocycles. The van der Waals surface area contributed by atoms with Gasteiger partial charge in [0.05, 0.1) is 38.8 Å². The Bertz CT molecular complexity index is 1300. The number of hydrogen-bond donors (Lipinski definition) is 1. The number of aromatic nitrogens is 6. The molecule has 0 radical (unpaired) electrons. The molecule has 8 nitrogen and oxygen atoms in total. The largest absolute Gasteiger partial charge is 0.321 e. The van der Waals surface area contributed by atoms with Crippen molar-refractivity contribution in [1.82, 2.24) is 29.3 Å². The summed E-state index contributed by atoms with van der Waals surface area (Å²) in [5, 5.41) is 16.9. The van der Waals surface area contributed by atoms with Crippen molar-refractivity contribution >= 4 is 39.1 Å². The molecule has 4 aromatic rings. The highest BCUT2D eigenvalue weighted by Crippen LogP contribution is 2.22. The van der Waals surface area contributed by atoms with Crippen molar-refractivity contribution in [1.29, 1.82) is 0 Å². The lowest BCUT2D eigenvalue weighted by atomic mass is 10.2. The highest BCUT2D eigenvalue weighted by molar-refractivity contribution is 9.10. The Morgan fingerprint density at radius 3 is 2.44 bits per heavy atom. The van der Waals surface area contributed by atoms with E-state index in [0.29, 0.717) is 29.6 Å². The van der Waals surface area contributed by atoms with Gasteiger partial charge in [-0.2, -0.15) is 15.3 Å². The molecule has 1 N–H and O–H groups in total. The van der Waals surface area contributed by atoms with E-state index in [2.05, 4.69) is 36.5 Å². The van der Waals surface area contributed by atoms with E-state index in [4.69, 9.17) is 11.6 Å². The first kappa shape index (κ1) is 22.3. The lowest BCUT2D eigenvalue weighted by Gasteiger charge is -2.08. The molecule has 1 aromatic carbocycles. The second-order valence-electron chi connectivity index (χ2n) is 7.66. The van der Waals surface area contributed by atoms with E-state index in [1.54, 1.807) is 21.6 Å². The van der Waals surface area contributed by atoms with Crippen LogP contribution in [-0.4, -0.2) is 35.2 Å². The lowest BCUT2D eigenvalue weighted by molar-refractivity contribution is 0.102. The fourth-order valence-corrected chi connectivity index (χ4v) is 3.88. The number of carbonyl (C=O) groups is 1. The van der Waals surface area contributed by atoms with E-state index in [1.165, 1.54) is 0 Å². The first-order valence-electron chi connectivity index (χ1n) is 10.1. The van der Waals surface area contributed by atoms with Crippen molar-refractivity contribution in [2.24, 2.45) is 0 Å². The first-order valence-corrected chi connectivity index (χ1v) is 11.2. The van der Waals surface area contributed by atoms with Crippen LogP contribution in [0.25, 0.3) is 0 Å². The summed E-state index contributed by atoms with van der Waals surface area (Å²) < 4.78 is 6.36. The molecule has 3 heterocycles. The second kappa shape index (κ2) is 8.91. The van der Waals surface area contributed by atoms with Crippen molar-refractivity contribution in [2.45, 2.75) is 40.9 Å². The second-order valence-corrected chi connectivity index (χ2v) is 8.83. The summed E-state index contributed by atoms with van der Waals surface area (Å²) in [5.41, 5.74) is 5.70. The van der Waals surface area contributed by atoms with Crippen LogP contribution in [0.3, 0.4) is 0 Å². The van der Waals surface area contributed by atoms with Crippen LogP contribution in [0.1, 0.15) is 38.8 Å². The van der Waals surface area contributed by atoms with Gasteiger partial charge in [0.15, 0.2) is 5.69 Å². The fourth-order valence-electron chi connectivity index (χ4n) is 3.46. The molecular formula is C22H23BrClN7O. The molecular weight excluding hydrogens is 494 g/mol. The van der Waals surface area contributed by atoms with E-state index >= 15 is 0 Å². The molecule has 0 atom stereocenters. The van der Waals surface area contributed by atoms with E-state index in [1.807, 2.05) is 56.6 Å². The zero-order chi connectivity index (χ0) is 23.0. The third kappa shape index (κ3) is 4.49. The van der Waals surface area contributed by atoms with Crippen LogP contribution in [0.4, 0.5) is 5.69 Å². The third-order valence-electron chi connectivity index (χ3n) is 5.26. The number of nitrogens with one attached hydrogen (secondary N) is 1. The first-order chi connectivity index (χ1) is 15.2. The number of rotatable bonds is 6. The maximum atomic E-state index is 12.7. The van der Waals surface area contributed by atoms with Gasteiger partial charge in [0.2, 0.25) is 0 Å². The van der Waals surface area contributed by atoms with Gasteiger partial charge in [0.1, 0.15) is 6.67 Å². The number of aryl methyl sites for hydroxylation is 2. The predicted molar refractivity (Wildman–Crippen MR) is 127 cm³/mol. The summed E-state index contributed by atoms with van der Waals surface area (Å²) in [7, 11) is 0. The zero-order valence-electron chi connectivity index (χ0n) is 18.2. The smallest absolute Gasteiger partial charge is 0.276 e. The zero-order valence-corrected chi connectivity index (χ0v) is 20.6. The summed E-state index contributed by atoms with van der Waals surface area (Å²) in [6.45, 7) is 8.73. The Balaban J connectivity index is 1.44. The normalized spacial score (nSPS) is 11.2. The Kier molecular flexibility index (Phi) is 6.21. The van der Waals surface area contributed by atoms with Crippen LogP contribution in [-0.2, 0) is 13.2 Å². The minimum Gasteiger partial charge on any atom is -0.321 e. The standard InChI is InChI=1S/C22H23BrClN7O/c1-13-20(23)15(3)30(26-13)11-17-6-5-7-18(10-17)25-22(32)19-8-9-29(28-19)12-31-16(4)21(24)14(2)27-31/h5-10H,11-12H2,1-4H3,(H,25,32). The lowest BCUT2D eigenvalue weighted by Crippen LogP contribution is -2.16. The van der Waals surface area contributed by atoms with Gasteiger partial charge in [0.25, 0.3) is 5.91 Å². The predicted octanol–water partition coefficient (Wildman–Crippen LogP) is 4.73. The highest BCUT2D eigenvalue weighted by atomic mass is 79.9.